The van der Waals surface area contributed by atoms with Crippen LogP contribution in [0.3, 0.4) is 0 Å². The average molecular weight is 282 g/mol. The Hall–Kier alpha value is -1.94. The van der Waals surface area contributed by atoms with Crippen LogP contribution in [0.5, 0.6) is 0 Å². The minimum atomic E-state index is 0.342. The fourth-order valence-electron chi connectivity index (χ4n) is 2.83. The number of aromatic nitrogens is 2. The van der Waals surface area contributed by atoms with Crippen molar-refractivity contribution in [1.29, 1.82) is 0 Å². The van der Waals surface area contributed by atoms with Gasteiger partial charge in [-0.05, 0) is 32.8 Å². The molecule has 0 amide bonds. The zero-order valence-electron chi connectivity index (χ0n) is 12.7. The number of hydrogen-bond donors (Lipinski definition) is 1. The molecule has 1 aliphatic rings. The van der Waals surface area contributed by atoms with E-state index in [1.165, 1.54) is 5.56 Å². The highest BCUT2D eigenvalue weighted by atomic mass is 15.2. The van der Waals surface area contributed by atoms with Gasteiger partial charge in [-0.2, -0.15) is 0 Å². The van der Waals surface area contributed by atoms with E-state index in [0.29, 0.717) is 6.04 Å². The third kappa shape index (κ3) is 3.05. The van der Waals surface area contributed by atoms with Gasteiger partial charge in [-0.1, -0.05) is 23.8 Å². The second-order valence-electron chi connectivity index (χ2n) is 5.86. The molecule has 1 aliphatic heterocycles. The van der Waals surface area contributed by atoms with E-state index in [-0.39, 0.29) is 0 Å². The van der Waals surface area contributed by atoms with E-state index in [1.807, 2.05) is 12.3 Å². The summed E-state index contributed by atoms with van der Waals surface area (Å²) in [5.41, 5.74) is 10.4. The Kier molecular flexibility index (Phi) is 3.88. The van der Waals surface area contributed by atoms with Gasteiger partial charge in [-0.3, -0.25) is 0 Å². The van der Waals surface area contributed by atoms with Gasteiger partial charge >= 0.3 is 0 Å². The maximum atomic E-state index is 5.97. The summed E-state index contributed by atoms with van der Waals surface area (Å²) in [6, 6.07) is 8.65. The van der Waals surface area contributed by atoms with E-state index in [2.05, 4.69) is 41.9 Å². The summed E-state index contributed by atoms with van der Waals surface area (Å²) in [6.45, 7) is 6.14. The molecule has 0 spiro atoms. The number of rotatable bonds is 2. The van der Waals surface area contributed by atoms with Crippen molar-refractivity contribution < 1.29 is 0 Å². The van der Waals surface area contributed by atoms with Gasteiger partial charge in [0, 0.05) is 24.7 Å². The molecule has 1 fully saturated rings. The van der Waals surface area contributed by atoms with Crippen molar-refractivity contribution in [3.8, 4) is 11.4 Å². The zero-order valence-corrected chi connectivity index (χ0v) is 12.7. The molecule has 1 aromatic heterocycles. The highest BCUT2D eigenvalue weighted by Gasteiger charge is 2.18. The first-order chi connectivity index (χ1) is 10.1. The Morgan fingerprint density at radius 3 is 2.62 bits per heavy atom. The quantitative estimate of drug-likeness (QED) is 0.920. The second kappa shape index (κ2) is 5.82. The van der Waals surface area contributed by atoms with Gasteiger partial charge in [0.2, 0.25) is 0 Å². The van der Waals surface area contributed by atoms with Crippen molar-refractivity contribution in [2.75, 3.05) is 18.0 Å². The van der Waals surface area contributed by atoms with Gasteiger partial charge in [0.05, 0.1) is 17.6 Å². The van der Waals surface area contributed by atoms with E-state index in [0.717, 1.165) is 48.7 Å². The SMILES string of the molecule is Cc1cccc(-c2ncc(N3CCC(N)CC3)c(C)n2)c1. The lowest BCUT2D eigenvalue weighted by Crippen LogP contribution is -2.40. The molecule has 0 atom stereocenters. The van der Waals surface area contributed by atoms with E-state index in [4.69, 9.17) is 10.7 Å². The third-order valence-corrected chi connectivity index (χ3v) is 4.11. The minimum absolute atomic E-state index is 0.342. The lowest BCUT2D eigenvalue weighted by atomic mass is 10.1. The molecule has 0 bridgehead atoms. The smallest absolute Gasteiger partial charge is 0.159 e. The molecule has 4 nitrogen and oxygen atoms in total. The predicted molar refractivity (Wildman–Crippen MR) is 86.4 cm³/mol. The Morgan fingerprint density at radius 2 is 1.95 bits per heavy atom. The van der Waals surface area contributed by atoms with Crippen LogP contribution < -0.4 is 10.6 Å². The fourth-order valence-corrected chi connectivity index (χ4v) is 2.83. The summed E-state index contributed by atoms with van der Waals surface area (Å²) in [7, 11) is 0. The molecule has 0 saturated carbocycles. The normalized spacial score (nSPS) is 16.2. The lowest BCUT2D eigenvalue weighted by molar-refractivity contribution is 0.500. The first kappa shape index (κ1) is 14.0. The number of aryl methyl sites for hydroxylation is 2. The zero-order chi connectivity index (χ0) is 14.8. The van der Waals surface area contributed by atoms with Crippen molar-refractivity contribution in [2.24, 2.45) is 5.73 Å². The molecule has 0 unspecified atom stereocenters. The number of hydrogen-bond acceptors (Lipinski definition) is 4. The molecule has 0 radical (unpaired) electrons. The van der Waals surface area contributed by atoms with E-state index < -0.39 is 0 Å². The predicted octanol–water partition coefficient (Wildman–Crippen LogP) is 2.69. The first-order valence-corrected chi connectivity index (χ1v) is 7.54. The van der Waals surface area contributed by atoms with Crippen molar-refractivity contribution >= 4 is 5.69 Å². The van der Waals surface area contributed by atoms with Crippen LogP contribution in [0.15, 0.2) is 30.5 Å². The van der Waals surface area contributed by atoms with Gasteiger partial charge in [0.25, 0.3) is 0 Å². The average Bonchev–Trinajstić information content (AvgIpc) is 2.48. The van der Waals surface area contributed by atoms with Crippen LogP contribution in [0.2, 0.25) is 0 Å². The van der Waals surface area contributed by atoms with Crippen LogP contribution in [0.25, 0.3) is 11.4 Å². The molecular weight excluding hydrogens is 260 g/mol. The third-order valence-electron chi connectivity index (χ3n) is 4.11. The molecule has 4 heteroatoms. The number of piperidine rings is 1. The Labute approximate surface area is 126 Å². The van der Waals surface area contributed by atoms with Crippen LogP contribution in [0, 0.1) is 13.8 Å². The monoisotopic (exact) mass is 282 g/mol. The molecule has 2 N–H and O–H groups in total. The summed E-state index contributed by atoms with van der Waals surface area (Å²) >= 11 is 0. The Bertz CT molecular complexity index is 630. The van der Waals surface area contributed by atoms with Crippen molar-refractivity contribution in [1.82, 2.24) is 9.97 Å². The highest BCUT2D eigenvalue weighted by molar-refractivity contribution is 5.59. The molecule has 21 heavy (non-hydrogen) atoms. The fraction of sp³-hybridized carbons (Fsp3) is 0.412. The summed E-state index contributed by atoms with van der Waals surface area (Å²) < 4.78 is 0. The molecule has 110 valence electrons. The first-order valence-electron chi connectivity index (χ1n) is 7.54. The standard InChI is InChI=1S/C17H22N4/c1-12-4-3-5-14(10-12)17-19-11-16(13(2)20-17)21-8-6-15(18)7-9-21/h3-5,10-11,15H,6-9,18H2,1-2H3. The second-order valence-corrected chi connectivity index (χ2v) is 5.86. The van der Waals surface area contributed by atoms with Gasteiger partial charge in [0.1, 0.15) is 0 Å². The van der Waals surface area contributed by atoms with E-state index in [1.54, 1.807) is 0 Å². The van der Waals surface area contributed by atoms with Gasteiger partial charge in [0.15, 0.2) is 5.82 Å². The summed E-state index contributed by atoms with van der Waals surface area (Å²) in [6.07, 6.45) is 4.04. The van der Waals surface area contributed by atoms with Crippen LogP contribution in [0.4, 0.5) is 5.69 Å². The molecule has 2 aromatic rings. The number of benzene rings is 1. The number of nitrogens with two attached hydrogens (primary N) is 1. The summed E-state index contributed by atoms with van der Waals surface area (Å²) in [5, 5.41) is 0. The van der Waals surface area contributed by atoms with Crippen LogP contribution in [-0.4, -0.2) is 29.1 Å². The molecule has 0 aliphatic carbocycles. The van der Waals surface area contributed by atoms with Crippen LogP contribution in [0.1, 0.15) is 24.1 Å². The summed E-state index contributed by atoms with van der Waals surface area (Å²) in [4.78, 5) is 11.6. The van der Waals surface area contributed by atoms with Gasteiger partial charge in [-0.25, -0.2) is 9.97 Å². The maximum absolute atomic E-state index is 5.97. The van der Waals surface area contributed by atoms with E-state index >= 15 is 0 Å². The van der Waals surface area contributed by atoms with E-state index in [9.17, 15) is 0 Å². The summed E-state index contributed by atoms with van der Waals surface area (Å²) in [5.74, 6) is 0.800. The van der Waals surface area contributed by atoms with Gasteiger partial charge < -0.3 is 10.6 Å². The largest absolute Gasteiger partial charge is 0.369 e. The minimum Gasteiger partial charge on any atom is -0.369 e. The molecule has 1 saturated heterocycles. The molecule has 2 heterocycles. The van der Waals surface area contributed by atoms with Gasteiger partial charge in [-0.15, -0.1) is 0 Å². The van der Waals surface area contributed by atoms with Crippen molar-refractivity contribution in [2.45, 2.75) is 32.7 Å². The Balaban J connectivity index is 1.86. The molecule has 1 aromatic carbocycles. The highest BCUT2D eigenvalue weighted by Crippen LogP contribution is 2.24. The lowest BCUT2D eigenvalue weighted by Gasteiger charge is -2.32. The Morgan fingerprint density at radius 1 is 1.19 bits per heavy atom. The maximum Gasteiger partial charge on any atom is 0.159 e. The van der Waals surface area contributed by atoms with Crippen molar-refractivity contribution in [3.63, 3.8) is 0 Å². The molecular formula is C17H22N4. The molecule has 3 rings (SSSR count). The van der Waals surface area contributed by atoms with Crippen LogP contribution in [-0.2, 0) is 0 Å². The number of anilines is 1. The topological polar surface area (TPSA) is 55.0 Å². The van der Waals surface area contributed by atoms with Crippen LogP contribution >= 0.6 is 0 Å². The van der Waals surface area contributed by atoms with Crippen molar-refractivity contribution in [3.05, 3.63) is 41.7 Å². The number of nitrogens with zero attached hydrogens (tertiary/aromatic N) is 3.